The molecule has 1 heterocycles. The molecule has 5 nitrogen and oxygen atoms in total. The number of aromatic nitrogens is 2. The zero-order chi connectivity index (χ0) is 13.2. The predicted molar refractivity (Wildman–Crippen MR) is 76.2 cm³/mol. The molecule has 94 valence electrons. The van der Waals surface area contributed by atoms with E-state index in [0.717, 1.165) is 10.8 Å². The summed E-state index contributed by atoms with van der Waals surface area (Å²) in [4.78, 5) is 12.1. The average molecular weight is 270 g/mol. The molecule has 19 heavy (non-hydrogen) atoms. The summed E-state index contributed by atoms with van der Waals surface area (Å²) in [5.74, 6) is -0.278. The van der Waals surface area contributed by atoms with E-state index in [1.807, 2.05) is 24.3 Å². The summed E-state index contributed by atoms with van der Waals surface area (Å²) < 4.78 is 0. The van der Waals surface area contributed by atoms with Crippen molar-refractivity contribution < 1.29 is 4.79 Å². The van der Waals surface area contributed by atoms with Crippen molar-refractivity contribution in [3.63, 3.8) is 0 Å². The van der Waals surface area contributed by atoms with E-state index in [0.29, 0.717) is 16.4 Å². The number of amides is 1. The van der Waals surface area contributed by atoms with Gasteiger partial charge < -0.3 is 5.73 Å². The van der Waals surface area contributed by atoms with E-state index in [-0.39, 0.29) is 5.91 Å². The van der Waals surface area contributed by atoms with Crippen LogP contribution >= 0.6 is 11.3 Å². The highest BCUT2D eigenvalue weighted by atomic mass is 32.1. The molecule has 3 N–H and O–H groups in total. The molecule has 1 amide bonds. The molecular formula is C13H10N4OS. The van der Waals surface area contributed by atoms with Crippen molar-refractivity contribution >= 4 is 38.8 Å². The summed E-state index contributed by atoms with van der Waals surface area (Å²) in [5, 5.41) is 12.5. The molecule has 0 saturated heterocycles. The molecule has 1 aromatic heterocycles. The lowest BCUT2D eigenvalue weighted by Crippen LogP contribution is -2.14. The van der Waals surface area contributed by atoms with Crippen LogP contribution in [0.2, 0.25) is 0 Å². The molecule has 0 radical (unpaired) electrons. The predicted octanol–water partition coefficient (Wildman–Crippen LogP) is 2.53. The standard InChI is InChI=1S/C13H10N4OS/c14-11-6-9-4-2-1-3-8(9)5-10(11)12(18)16-13-17-15-7-19-13/h1-7H,14H2,(H,16,17,18). The highest BCUT2D eigenvalue weighted by Gasteiger charge is 2.12. The Labute approximate surface area is 113 Å². The highest BCUT2D eigenvalue weighted by Crippen LogP contribution is 2.23. The average Bonchev–Trinajstić information content (AvgIpc) is 2.90. The Morgan fingerprint density at radius 1 is 1.21 bits per heavy atom. The van der Waals surface area contributed by atoms with E-state index >= 15 is 0 Å². The van der Waals surface area contributed by atoms with Crippen LogP contribution in [0.4, 0.5) is 10.8 Å². The number of anilines is 2. The second-order valence-electron chi connectivity index (χ2n) is 3.98. The molecule has 3 aromatic rings. The van der Waals surface area contributed by atoms with E-state index in [4.69, 9.17) is 5.73 Å². The van der Waals surface area contributed by atoms with E-state index in [9.17, 15) is 4.79 Å². The Morgan fingerprint density at radius 2 is 1.95 bits per heavy atom. The van der Waals surface area contributed by atoms with Crippen LogP contribution in [0.25, 0.3) is 10.8 Å². The number of benzene rings is 2. The number of nitrogen functional groups attached to an aromatic ring is 1. The van der Waals surface area contributed by atoms with E-state index in [1.165, 1.54) is 11.3 Å². The lowest BCUT2D eigenvalue weighted by Gasteiger charge is -2.07. The fraction of sp³-hybridized carbons (Fsp3) is 0. The fourth-order valence-corrected chi connectivity index (χ4v) is 2.29. The molecule has 0 spiro atoms. The first-order valence-corrected chi connectivity index (χ1v) is 6.48. The maximum atomic E-state index is 12.1. The van der Waals surface area contributed by atoms with Gasteiger partial charge in [-0.1, -0.05) is 35.6 Å². The van der Waals surface area contributed by atoms with Gasteiger partial charge in [0, 0.05) is 5.69 Å². The number of rotatable bonds is 2. The molecule has 2 aromatic carbocycles. The minimum atomic E-state index is -0.278. The molecule has 0 atom stereocenters. The van der Waals surface area contributed by atoms with Crippen LogP contribution in [0.3, 0.4) is 0 Å². The van der Waals surface area contributed by atoms with Crippen LogP contribution in [-0.4, -0.2) is 16.1 Å². The topological polar surface area (TPSA) is 80.9 Å². The Hall–Kier alpha value is -2.47. The summed E-state index contributed by atoms with van der Waals surface area (Å²) in [6.45, 7) is 0. The molecule has 0 unspecified atom stereocenters. The van der Waals surface area contributed by atoms with E-state index in [2.05, 4.69) is 15.5 Å². The number of carbonyl (C=O) groups excluding carboxylic acids is 1. The number of hydrogen-bond donors (Lipinski definition) is 2. The number of carbonyl (C=O) groups is 1. The van der Waals surface area contributed by atoms with Crippen molar-refractivity contribution in [2.75, 3.05) is 11.1 Å². The largest absolute Gasteiger partial charge is 0.398 e. The zero-order valence-corrected chi connectivity index (χ0v) is 10.6. The number of nitrogens with zero attached hydrogens (tertiary/aromatic N) is 2. The number of nitrogens with one attached hydrogen (secondary N) is 1. The molecule has 3 rings (SSSR count). The van der Waals surface area contributed by atoms with Crippen LogP contribution in [0, 0.1) is 0 Å². The van der Waals surface area contributed by atoms with Crippen molar-refractivity contribution in [2.45, 2.75) is 0 Å². The molecule has 0 aliphatic rings. The van der Waals surface area contributed by atoms with Crippen LogP contribution in [-0.2, 0) is 0 Å². The normalized spacial score (nSPS) is 10.5. The van der Waals surface area contributed by atoms with Crippen LogP contribution < -0.4 is 11.1 Å². The Kier molecular flexibility index (Phi) is 2.85. The second kappa shape index (κ2) is 4.66. The monoisotopic (exact) mass is 270 g/mol. The fourth-order valence-electron chi connectivity index (χ4n) is 1.85. The molecule has 0 bridgehead atoms. The lowest BCUT2D eigenvalue weighted by atomic mass is 10.0. The minimum Gasteiger partial charge on any atom is -0.398 e. The number of hydrogen-bond acceptors (Lipinski definition) is 5. The summed E-state index contributed by atoms with van der Waals surface area (Å²) in [5.41, 5.74) is 8.36. The third-order valence-electron chi connectivity index (χ3n) is 2.74. The quantitative estimate of drug-likeness (QED) is 0.701. The van der Waals surface area contributed by atoms with Gasteiger partial charge in [0.05, 0.1) is 5.56 Å². The summed E-state index contributed by atoms with van der Waals surface area (Å²) in [6, 6.07) is 11.3. The maximum absolute atomic E-state index is 12.1. The minimum absolute atomic E-state index is 0.278. The zero-order valence-electron chi connectivity index (χ0n) is 9.83. The van der Waals surface area contributed by atoms with Gasteiger partial charge in [-0.25, -0.2) is 0 Å². The Balaban J connectivity index is 1.99. The molecule has 0 aliphatic heterocycles. The van der Waals surface area contributed by atoms with Crippen molar-refractivity contribution in [3.05, 3.63) is 47.5 Å². The Morgan fingerprint density at radius 3 is 2.63 bits per heavy atom. The number of fused-ring (bicyclic) bond motifs is 1. The van der Waals surface area contributed by atoms with Gasteiger partial charge in [-0.15, -0.1) is 10.2 Å². The Bertz CT molecular complexity index is 739. The van der Waals surface area contributed by atoms with Gasteiger partial charge in [0.15, 0.2) is 0 Å². The summed E-state index contributed by atoms with van der Waals surface area (Å²) in [7, 11) is 0. The van der Waals surface area contributed by atoms with Crippen molar-refractivity contribution in [2.24, 2.45) is 0 Å². The number of nitrogens with two attached hydrogens (primary N) is 1. The maximum Gasteiger partial charge on any atom is 0.259 e. The van der Waals surface area contributed by atoms with Crippen molar-refractivity contribution in [1.29, 1.82) is 0 Å². The molecular weight excluding hydrogens is 260 g/mol. The smallest absolute Gasteiger partial charge is 0.259 e. The van der Waals surface area contributed by atoms with Crippen molar-refractivity contribution in [1.82, 2.24) is 10.2 Å². The first kappa shape index (κ1) is 11.6. The van der Waals surface area contributed by atoms with Gasteiger partial charge in [-0.3, -0.25) is 10.1 Å². The van der Waals surface area contributed by atoms with E-state index < -0.39 is 0 Å². The van der Waals surface area contributed by atoms with Gasteiger partial charge in [0.25, 0.3) is 5.91 Å². The summed E-state index contributed by atoms with van der Waals surface area (Å²) in [6.07, 6.45) is 0. The molecule has 0 saturated carbocycles. The van der Waals surface area contributed by atoms with Crippen molar-refractivity contribution in [3.8, 4) is 0 Å². The van der Waals surface area contributed by atoms with Crippen LogP contribution in [0.1, 0.15) is 10.4 Å². The second-order valence-corrected chi connectivity index (χ2v) is 4.82. The molecule has 0 fully saturated rings. The third-order valence-corrected chi connectivity index (χ3v) is 3.35. The first-order chi connectivity index (χ1) is 9.24. The van der Waals surface area contributed by atoms with Crippen LogP contribution in [0.15, 0.2) is 41.9 Å². The highest BCUT2D eigenvalue weighted by molar-refractivity contribution is 7.13. The van der Waals surface area contributed by atoms with Crippen LogP contribution in [0.5, 0.6) is 0 Å². The SMILES string of the molecule is Nc1cc2ccccc2cc1C(=O)Nc1nncs1. The molecule has 6 heteroatoms. The van der Waals surface area contributed by atoms with Gasteiger partial charge in [-0.2, -0.15) is 0 Å². The van der Waals surface area contributed by atoms with E-state index in [1.54, 1.807) is 17.6 Å². The van der Waals surface area contributed by atoms with Gasteiger partial charge in [0.1, 0.15) is 5.51 Å². The summed E-state index contributed by atoms with van der Waals surface area (Å²) >= 11 is 1.26. The third kappa shape index (κ3) is 2.25. The first-order valence-electron chi connectivity index (χ1n) is 5.60. The van der Waals surface area contributed by atoms with Gasteiger partial charge >= 0.3 is 0 Å². The lowest BCUT2D eigenvalue weighted by molar-refractivity contribution is 0.102. The van der Waals surface area contributed by atoms with Gasteiger partial charge in [0.2, 0.25) is 5.13 Å². The molecule has 0 aliphatic carbocycles. The van der Waals surface area contributed by atoms with Gasteiger partial charge in [-0.05, 0) is 22.9 Å².